The molecule has 0 bridgehead atoms. The molecule has 1 fully saturated rings. The number of carbonyl (C=O) groups excluding carboxylic acids is 2. The van der Waals surface area contributed by atoms with Crippen LogP contribution >= 0.6 is 23.8 Å². The van der Waals surface area contributed by atoms with Crippen molar-refractivity contribution in [3.05, 3.63) is 64.2 Å². The van der Waals surface area contributed by atoms with Gasteiger partial charge in [0, 0.05) is 5.02 Å². The second-order valence-electron chi connectivity index (χ2n) is 5.84. The fourth-order valence-electron chi connectivity index (χ4n) is 2.71. The van der Waals surface area contributed by atoms with E-state index in [0.717, 1.165) is 5.75 Å². The minimum Gasteiger partial charge on any atom is -0.494 e. The Balaban J connectivity index is 1.98. The van der Waals surface area contributed by atoms with Crippen LogP contribution in [0.4, 0.5) is 5.69 Å². The molecule has 1 heterocycles. The maximum atomic E-state index is 13.0. The van der Waals surface area contributed by atoms with Crippen molar-refractivity contribution in [2.45, 2.75) is 13.8 Å². The molecule has 0 atom stereocenters. The third-order valence-electron chi connectivity index (χ3n) is 4.08. The van der Waals surface area contributed by atoms with Gasteiger partial charge in [-0.3, -0.25) is 19.8 Å². The van der Waals surface area contributed by atoms with E-state index in [9.17, 15) is 9.59 Å². The van der Waals surface area contributed by atoms with Gasteiger partial charge in [-0.25, -0.2) is 0 Å². The van der Waals surface area contributed by atoms with Gasteiger partial charge in [-0.2, -0.15) is 0 Å². The van der Waals surface area contributed by atoms with Crippen molar-refractivity contribution in [3.8, 4) is 5.75 Å². The highest BCUT2D eigenvalue weighted by Crippen LogP contribution is 2.29. The monoisotopic (exact) mass is 400 g/mol. The smallest absolute Gasteiger partial charge is 0.270 e. The number of benzene rings is 2. The maximum Gasteiger partial charge on any atom is 0.270 e. The minimum atomic E-state index is -0.533. The summed E-state index contributed by atoms with van der Waals surface area (Å²) < 4.78 is 5.40. The summed E-state index contributed by atoms with van der Waals surface area (Å²) in [5.41, 5.74) is 1.93. The zero-order valence-corrected chi connectivity index (χ0v) is 16.4. The molecule has 5 nitrogen and oxygen atoms in total. The molecule has 3 rings (SSSR count). The number of amides is 2. The number of hydrogen-bond acceptors (Lipinski definition) is 4. The molecule has 1 N–H and O–H groups in total. The zero-order valence-electron chi connectivity index (χ0n) is 14.8. The van der Waals surface area contributed by atoms with Gasteiger partial charge in [0.15, 0.2) is 5.11 Å². The van der Waals surface area contributed by atoms with Gasteiger partial charge in [0.2, 0.25) is 0 Å². The third kappa shape index (κ3) is 3.86. The SMILES string of the molecule is CCOc1ccc(/C=C2\C(=O)NC(=S)N(c3cccc(Cl)c3C)C2=O)cc1. The molecule has 1 saturated heterocycles. The maximum absolute atomic E-state index is 13.0. The first-order valence-electron chi connectivity index (χ1n) is 8.31. The van der Waals surface area contributed by atoms with Gasteiger partial charge < -0.3 is 4.74 Å². The largest absolute Gasteiger partial charge is 0.494 e. The van der Waals surface area contributed by atoms with E-state index in [1.165, 1.54) is 11.0 Å². The third-order valence-corrected chi connectivity index (χ3v) is 4.78. The van der Waals surface area contributed by atoms with E-state index < -0.39 is 11.8 Å². The van der Waals surface area contributed by atoms with Crippen LogP contribution in [0.1, 0.15) is 18.1 Å². The molecule has 138 valence electrons. The number of halogens is 1. The van der Waals surface area contributed by atoms with Gasteiger partial charge in [0.1, 0.15) is 11.3 Å². The van der Waals surface area contributed by atoms with Crippen molar-refractivity contribution in [1.82, 2.24) is 5.32 Å². The summed E-state index contributed by atoms with van der Waals surface area (Å²) in [5.74, 6) is -0.311. The highest BCUT2D eigenvalue weighted by atomic mass is 35.5. The number of carbonyl (C=O) groups is 2. The normalized spacial score (nSPS) is 15.9. The molecule has 1 aliphatic rings. The van der Waals surface area contributed by atoms with Gasteiger partial charge in [-0.1, -0.05) is 29.8 Å². The summed E-state index contributed by atoms with van der Waals surface area (Å²) in [4.78, 5) is 26.7. The molecule has 0 spiro atoms. The van der Waals surface area contributed by atoms with Crippen molar-refractivity contribution in [2.75, 3.05) is 11.5 Å². The number of thiocarbonyl (C=S) groups is 1. The van der Waals surface area contributed by atoms with E-state index in [2.05, 4.69) is 5.32 Å². The predicted molar refractivity (Wildman–Crippen MR) is 110 cm³/mol. The highest BCUT2D eigenvalue weighted by molar-refractivity contribution is 7.80. The lowest BCUT2D eigenvalue weighted by Crippen LogP contribution is -2.54. The molecule has 2 aromatic rings. The zero-order chi connectivity index (χ0) is 19.6. The molecule has 2 aromatic carbocycles. The average Bonchev–Trinajstić information content (AvgIpc) is 2.63. The summed E-state index contributed by atoms with van der Waals surface area (Å²) in [6, 6.07) is 12.3. The second kappa shape index (κ2) is 7.90. The number of nitrogens with zero attached hydrogens (tertiary/aromatic N) is 1. The predicted octanol–water partition coefficient (Wildman–Crippen LogP) is 3.88. The molecule has 7 heteroatoms. The van der Waals surface area contributed by atoms with E-state index in [-0.39, 0.29) is 10.7 Å². The molecule has 27 heavy (non-hydrogen) atoms. The fourth-order valence-corrected chi connectivity index (χ4v) is 3.15. The average molecular weight is 401 g/mol. The Morgan fingerprint density at radius 2 is 1.89 bits per heavy atom. The molecular formula is C20H17ClN2O3S. The van der Waals surface area contributed by atoms with E-state index in [4.69, 9.17) is 28.6 Å². The van der Waals surface area contributed by atoms with Gasteiger partial charge in [-0.15, -0.1) is 0 Å². The molecule has 1 aliphatic heterocycles. The number of nitrogens with one attached hydrogen (secondary N) is 1. The first-order chi connectivity index (χ1) is 12.9. The first kappa shape index (κ1) is 19.1. The van der Waals surface area contributed by atoms with Crippen LogP contribution in [0.5, 0.6) is 5.75 Å². The van der Waals surface area contributed by atoms with Crippen LogP contribution in [0, 0.1) is 6.92 Å². The van der Waals surface area contributed by atoms with E-state index in [1.807, 2.05) is 6.92 Å². The molecule has 0 radical (unpaired) electrons. The number of hydrogen-bond donors (Lipinski definition) is 1. The van der Waals surface area contributed by atoms with Crippen molar-refractivity contribution in [2.24, 2.45) is 0 Å². The summed E-state index contributed by atoms with van der Waals surface area (Å²) in [6.45, 7) is 4.25. The lowest BCUT2D eigenvalue weighted by molar-refractivity contribution is -0.122. The van der Waals surface area contributed by atoms with E-state index in [1.54, 1.807) is 49.4 Å². The van der Waals surface area contributed by atoms with Crippen LogP contribution in [-0.4, -0.2) is 23.5 Å². The van der Waals surface area contributed by atoms with E-state index in [0.29, 0.717) is 28.4 Å². The Morgan fingerprint density at radius 3 is 2.56 bits per heavy atom. The Kier molecular flexibility index (Phi) is 5.58. The van der Waals surface area contributed by atoms with Crippen LogP contribution in [0.2, 0.25) is 5.02 Å². The van der Waals surface area contributed by atoms with Crippen LogP contribution in [0.15, 0.2) is 48.0 Å². The highest BCUT2D eigenvalue weighted by Gasteiger charge is 2.35. The van der Waals surface area contributed by atoms with Gasteiger partial charge in [-0.05, 0) is 67.5 Å². The molecule has 2 amide bonds. The lowest BCUT2D eigenvalue weighted by atomic mass is 10.1. The Morgan fingerprint density at radius 1 is 1.19 bits per heavy atom. The van der Waals surface area contributed by atoms with Crippen LogP contribution < -0.4 is 15.0 Å². The number of anilines is 1. The summed E-state index contributed by atoms with van der Waals surface area (Å²) in [7, 11) is 0. The van der Waals surface area contributed by atoms with Crippen molar-refractivity contribution in [1.29, 1.82) is 0 Å². The van der Waals surface area contributed by atoms with Crippen molar-refractivity contribution >= 4 is 52.5 Å². The van der Waals surface area contributed by atoms with Crippen molar-refractivity contribution in [3.63, 3.8) is 0 Å². The van der Waals surface area contributed by atoms with Gasteiger partial charge >= 0.3 is 0 Å². The van der Waals surface area contributed by atoms with Crippen LogP contribution in [0.3, 0.4) is 0 Å². The van der Waals surface area contributed by atoms with Gasteiger partial charge in [0.25, 0.3) is 11.8 Å². The molecule has 0 unspecified atom stereocenters. The summed E-state index contributed by atoms with van der Waals surface area (Å²) in [5, 5.41) is 3.11. The summed E-state index contributed by atoms with van der Waals surface area (Å²) >= 11 is 11.4. The standard InChI is InChI=1S/C20H17ClN2O3S/c1-3-26-14-9-7-13(8-10-14)11-15-18(24)22-20(27)23(19(15)25)17-6-4-5-16(21)12(17)2/h4-11H,3H2,1-2H3,(H,22,24,27)/b15-11+. The van der Waals surface area contributed by atoms with E-state index >= 15 is 0 Å². The van der Waals surface area contributed by atoms with Crippen LogP contribution in [0.25, 0.3) is 6.08 Å². The van der Waals surface area contributed by atoms with Crippen molar-refractivity contribution < 1.29 is 14.3 Å². The molecule has 0 aliphatic carbocycles. The number of ether oxygens (including phenoxy) is 1. The fraction of sp³-hybridized carbons (Fsp3) is 0.150. The molecule has 0 saturated carbocycles. The quantitative estimate of drug-likeness (QED) is 0.480. The lowest BCUT2D eigenvalue weighted by Gasteiger charge is -2.30. The minimum absolute atomic E-state index is 0.00728. The second-order valence-corrected chi connectivity index (χ2v) is 6.64. The molecule has 0 aromatic heterocycles. The molecular weight excluding hydrogens is 384 g/mol. The van der Waals surface area contributed by atoms with Crippen LogP contribution in [-0.2, 0) is 9.59 Å². The first-order valence-corrected chi connectivity index (χ1v) is 9.10. The number of rotatable bonds is 4. The summed E-state index contributed by atoms with van der Waals surface area (Å²) in [6.07, 6.45) is 1.53. The van der Waals surface area contributed by atoms with Gasteiger partial charge in [0.05, 0.1) is 12.3 Å². The topological polar surface area (TPSA) is 58.6 Å². The Hall–Kier alpha value is -2.70. The Bertz CT molecular complexity index is 954. The Labute approximate surface area is 167 Å².